The number of ether oxygens (including phenoxy) is 3. The number of alkyl halides is 2. The summed E-state index contributed by atoms with van der Waals surface area (Å²) in [5.74, 6) is -2.13. The largest absolute Gasteiger partial charge is 0.496 e. The number of anilines is 1. The molecular weight excluding hydrogens is 464 g/mol. The fourth-order valence-corrected chi connectivity index (χ4v) is 4.15. The molecule has 35 heavy (non-hydrogen) atoms. The molecule has 0 bridgehead atoms. The summed E-state index contributed by atoms with van der Waals surface area (Å²) < 4.78 is 41.9. The fourth-order valence-electron chi connectivity index (χ4n) is 4.15. The van der Waals surface area contributed by atoms with Crippen LogP contribution >= 0.6 is 0 Å². The molecule has 2 aliphatic rings. The number of benzene rings is 1. The first kappa shape index (κ1) is 26.6. The van der Waals surface area contributed by atoms with E-state index in [1.807, 2.05) is 13.0 Å². The minimum Gasteiger partial charge on any atom is -0.496 e. The van der Waals surface area contributed by atoms with E-state index in [1.165, 1.54) is 7.11 Å². The Bertz CT molecular complexity index is 1010. The van der Waals surface area contributed by atoms with Gasteiger partial charge in [-0.2, -0.15) is 8.78 Å². The van der Waals surface area contributed by atoms with Crippen molar-refractivity contribution in [2.45, 2.75) is 46.1 Å². The molecule has 1 aromatic rings. The van der Waals surface area contributed by atoms with Gasteiger partial charge in [-0.1, -0.05) is 11.6 Å². The number of allylic oxidation sites excluding steroid dienone is 2. The molecule has 0 aliphatic carbocycles. The topological polar surface area (TPSA) is 106 Å². The number of esters is 2. The number of hydrogen-bond donors (Lipinski definition) is 2. The summed E-state index contributed by atoms with van der Waals surface area (Å²) in [6, 6.07) is 0. The van der Waals surface area contributed by atoms with Gasteiger partial charge in [-0.25, -0.2) is 4.79 Å². The van der Waals surface area contributed by atoms with Crippen LogP contribution in [0.15, 0.2) is 11.6 Å². The van der Waals surface area contributed by atoms with Gasteiger partial charge in [-0.05, 0) is 32.3 Å². The molecule has 11 heteroatoms. The van der Waals surface area contributed by atoms with Gasteiger partial charge in [0.1, 0.15) is 19.0 Å². The molecule has 0 radical (unpaired) electrons. The Morgan fingerprint density at radius 2 is 2.09 bits per heavy atom. The Balaban J connectivity index is 1.71. The predicted octanol–water partition coefficient (Wildman–Crippen LogP) is 2.55. The van der Waals surface area contributed by atoms with E-state index in [0.29, 0.717) is 42.0 Å². The van der Waals surface area contributed by atoms with E-state index in [9.17, 15) is 23.2 Å². The van der Waals surface area contributed by atoms with Gasteiger partial charge in [-0.3, -0.25) is 14.5 Å². The van der Waals surface area contributed by atoms with Crippen molar-refractivity contribution < 1.29 is 37.4 Å². The van der Waals surface area contributed by atoms with Crippen molar-refractivity contribution in [1.29, 1.82) is 0 Å². The van der Waals surface area contributed by atoms with Gasteiger partial charge in [0.2, 0.25) is 0 Å². The number of nitrogens with one attached hydrogen (secondary N) is 2. The van der Waals surface area contributed by atoms with Crippen molar-refractivity contribution >= 4 is 23.5 Å². The molecule has 0 atom stereocenters. The van der Waals surface area contributed by atoms with E-state index in [4.69, 9.17) is 14.2 Å². The summed E-state index contributed by atoms with van der Waals surface area (Å²) in [5, 5.41) is 5.39. The first-order valence-corrected chi connectivity index (χ1v) is 11.5. The Labute approximate surface area is 202 Å². The lowest BCUT2D eigenvalue weighted by atomic mass is 9.93. The van der Waals surface area contributed by atoms with Crippen molar-refractivity contribution in [1.82, 2.24) is 10.2 Å². The highest BCUT2D eigenvalue weighted by molar-refractivity contribution is 6.06. The van der Waals surface area contributed by atoms with E-state index < -0.39 is 18.3 Å². The standard InChI is InChI=1S/C24H31F2N3O6/c1-14(5-7-18(30)34-11-10-29-9-8-27-13-29)4-6-16-20(28-23(31)22(25)26)19-17(12-35-24(19)32)15(2)21(16)33-3/h4,22,27H,5-13H2,1-3H3,(H,28,31). The molecule has 0 aromatic heterocycles. The molecule has 1 amide bonds. The highest BCUT2D eigenvalue weighted by atomic mass is 19.3. The number of hydrogen-bond acceptors (Lipinski definition) is 8. The van der Waals surface area contributed by atoms with Gasteiger partial charge < -0.3 is 24.8 Å². The van der Waals surface area contributed by atoms with Crippen molar-refractivity contribution in [2.24, 2.45) is 0 Å². The molecule has 2 aliphatic heterocycles. The average Bonchev–Trinajstić information content (AvgIpc) is 3.48. The average molecular weight is 496 g/mol. The number of carbonyl (C=O) groups excluding carboxylic acids is 3. The van der Waals surface area contributed by atoms with Crippen molar-refractivity contribution in [3.05, 3.63) is 33.9 Å². The van der Waals surface area contributed by atoms with E-state index in [0.717, 1.165) is 25.3 Å². The molecule has 3 rings (SSSR count). The SMILES string of the molecule is COc1c(C)c2c(c(NC(=O)C(F)F)c1CC=C(C)CCC(=O)OCCN1CCNC1)C(=O)OC2. The van der Waals surface area contributed by atoms with E-state index >= 15 is 0 Å². The molecule has 1 fully saturated rings. The number of halogens is 2. The quantitative estimate of drug-likeness (QED) is 0.357. The summed E-state index contributed by atoms with van der Waals surface area (Å²) in [5.41, 5.74) is 2.41. The van der Waals surface area contributed by atoms with Crippen LogP contribution < -0.4 is 15.4 Å². The molecule has 2 N–H and O–H groups in total. The van der Waals surface area contributed by atoms with Crippen LogP contribution in [0.4, 0.5) is 14.5 Å². The maximum atomic E-state index is 13.0. The van der Waals surface area contributed by atoms with E-state index in [2.05, 4.69) is 15.5 Å². The van der Waals surface area contributed by atoms with Crippen LogP contribution in [-0.2, 0) is 32.1 Å². The summed E-state index contributed by atoms with van der Waals surface area (Å²) in [7, 11) is 1.43. The molecule has 1 saturated heterocycles. The van der Waals surface area contributed by atoms with Gasteiger partial charge >= 0.3 is 18.4 Å². The summed E-state index contributed by atoms with van der Waals surface area (Å²) in [4.78, 5) is 38.4. The zero-order valence-corrected chi connectivity index (χ0v) is 20.2. The second kappa shape index (κ2) is 12.1. The molecule has 0 saturated carbocycles. The molecule has 9 nitrogen and oxygen atoms in total. The van der Waals surface area contributed by atoms with Gasteiger partial charge in [0.15, 0.2) is 0 Å². The summed E-state index contributed by atoms with van der Waals surface area (Å²) >= 11 is 0. The third-order valence-electron chi connectivity index (χ3n) is 6.11. The van der Waals surface area contributed by atoms with Crippen LogP contribution in [-0.4, -0.2) is 69.2 Å². The summed E-state index contributed by atoms with van der Waals surface area (Å²) in [6.07, 6.45) is -0.621. The number of amides is 1. The maximum absolute atomic E-state index is 13.0. The molecule has 192 valence electrons. The zero-order valence-electron chi connectivity index (χ0n) is 20.2. The predicted molar refractivity (Wildman–Crippen MR) is 124 cm³/mol. The third kappa shape index (κ3) is 6.55. The number of carbonyl (C=O) groups is 3. The smallest absolute Gasteiger partial charge is 0.341 e. The van der Waals surface area contributed by atoms with Gasteiger partial charge in [-0.15, -0.1) is 0 Å². The lowest BCUT2D eigenvalue weighted by Crippen LogP contribution is -2.27. The van der Waals surface area contributed by atoms with Crippen LogP contribution in [0.25, 0.3) is 0 Å². The summed E-state index contributed by atoms with van der Waals surface area (Å²) in [6.45, 7) is 7.22. The normalized spacial score (nSPS) is 15.8. The number of rotatable bonds is 11. The van der Waals surface area contributed by atoms with Crippen molar-refractivity contribution in [2.75, 3.05) is 45.3 Å². The Morgan fingerprint density at radius 3 is 2.74 bits per heavy atom. The number of cyclic esters (lactones) is 1. The first-order chi connectivity index (χ1) is 16.7. The lowest BCUT2D eigenvalue weighted by Gasteiger charge is -2.19. The minimum absolute atomic E-state index is 0.0283. The van der Waals surface area contributed by atoms with Gasteiger partial charge in [0.25, 0.3) is 5.91 Å². The molecule has 1 aromatic carbocycles. The second-order valence-electron chi connectivity index (χ2n) is 8.48. The van der Waals surface area contributed by atoms with Crippen molar-refractivity contribution in [3.63, 3.8) is 0 Å². The number of methoxy groups -OCH3 is 1. The number of fused-ring (bicyclic) bond motifs is 1. The maximum Gasteiger partial charge on any atom is 0.341 e. The fraction of sp³-hybridized carbons (Fsp3) is 0.542. The van der Waals surface area contributed by atoms with Crippen LogP contribution in [0, 0.1) is 6.92 Å². The Morgan fingerprint density at radius 1 is 1.31 bits per heavy atom. The molecule has 0 spiro atoms. The lowest BCUT2D eigenvalue weighted by molar-refractivity contribution is -0.144. The van der Waals surface area contributed by atoms with Gasteiger partial charge in [0.05, 0.1) is 18.4 Å². The zero-order chi connectivity index (χ0) is 25.5. The van der Waals surface area contributed by atoms with Crippen LogP contribution in [0.2, 0.25) is 0 Å². The Kier molecular flexibility index (Phi) is 9.16. The molecule has 0 unspecified atom stereocenters. The monoisotopic (exact) mass is 495 g/mol. The third-order valence-corrected chi connectivity index (χ3v) is 6.11. The minimum atomic E-state index is -3.26. The first-order valence-electron chi connectivity index (χ1n) is 11.5. The van der Waals surface area contributed by atoms with Gasteiger partial charge in [0, 0.05) is 43.9 Å². The van der Waals surface area contributed by atoms with E-state index in [-0.39, 0.29) is 36.7 Å². The van der Waals surface area contributed by atoms with Crippen molar-refractivity contribution in [3.8, 4) is 5.75 Å². The highest BCUT2D eigenvalue weighted by Gasteiger charge is 2.33. The Hall–Kier alpha value is -3.05. The highest BCUT2D eigenvalue weighted by Crippen LogP contribution is 2.41. The van der Waals surface area contributed by atoms with E-state index in [1.54, 1.807) is 6.92 Å². The molecule has 2 heterocycles. The molecular formula is C24H31F2N3O6. The second-order valence-corrected chi connectivity index (χ2v) is 8.48. The van der Waals surface area contributed by atoms with Crippen LogP contribution in [0.3, 0.4) is 0 Å². The van der Waals surface area contributed by atoms with Crippen LogP contribution in [0.5, 0.6) is 5.75 Å². The van der Waals surface area contributed by atoms with Crippen LogP contribution in [0.1, 0.15) is 46.8 Å². The number of nitrogens with zero attached hydrogens (tertiary/aromatic N) is 1.